The summed E-state index contributed by atoms with van der Waals surface area (Å²) in [5.74, 6) is 0.498. The maximum atomic E-state index is 5.52. The Morgan fingerprint density at radius 2 is 2.15 bits per heavy atom. The van der Waals surface area contributed by atoms with Crippen molar-refractivity contribution < 1.29 is 0 Å². The van der Waals surface area contributed by atoms with Crippen LogP contribution in [-0.4, -0.2) is 20.7 Å². The first-order valence-electron chi connectivity index (χ1n) is 5.90. The second-order valence-electron chi connectivity index (χ2n) is 4.01. The number of nitrogens with zero attached hydrogens (tertiary/aromatic N) is 4. The van der Waals surface area contributed by atoms with E-state index < -0.39 is 0 Å². The standard InChI is InChI=1S/C13H12N6S/c14-12-8-20-13(17-12)18-16-7-10-1-3-11(4-2-10)19-6-5-15-9-19/h1-9H,14H2,(H,17,18). The van der Waals surface area contributed by atoms with E-state index in [1.165, 1.54) is 11.3 Å². The summed E-state index contributed by atoms with van der Waals surface area (Å²) in [4.78, 5) is 8.07. The summed E-state index contributed by atoms with van der Waals surface area (Å²) < 4.78 is 1.94. The molecule has 7 heteroatoms. The molecule has 3 rings (SSSR count). The second kappa shape index (κ2) is 5.54. The molecular formula is C13H12N6S. The maximum Gasteiger partial charge on any atom is 0.205 e. The van der Waals surface area contributed by atoms with Crippen molar-refractivity contribution in [1.29, 1.82) is 0 Å². The molecule has 0 bridgehead atoms. The fourth-order valence-corrected chi connectivity index (χ4v) is 2.19. The number of anilines is 2. The molecule has 2 heterocycles. The van der Waals surface area contributed by atoms with Crippen LogP contribution in [-0.2, 0) is 0 Å². The van der Waals surface area contributed by atoms with E-state index in [9.17, 15) is 0 Å². The van der Waals surface area contributed by atoms with Gasteiger partial charge in [-0.1, -0.05) is 12.1 Å². The van der Waals surface area contributed by atoms with Crippen LogP contribution in [0.3, 0.4) is 0 Å². The maximum absolute atomic E-state index is 5.52. The van der Waals surface area contributed by atoms with E-state index in [1.54, 1.807) is 24.1 Å². The number of rotatable bonds is 4. The van der Waals surface area contributed by atoms with Gasteiger partial charge in [-0.2, -0.15) is 5.10 Å². The predicted octanol–water partition coefficient (Wildman–Crippen LogP) is 2.36. The largest absolute Gasteiger partial charge is 0.383 e. The van der Waals surface area contributed by atoms with Crippen LogP contribution in [0.25, 0.3) is 5.69 Å². The van der Waals surface area contributed by atoms with Gasteiger partial charge in [0.25, 0.3) is 0 Å². The van der Waals surface area contributed by atoms with Crippen molar-refractivity contribution >= 4 is 28.5 Å². The minimum atomic E-state index is 0.498. The normalized spacial score (nSPS) is 11.0. The topological polar surface area (TPSA) is 81.1 Å². The van der Waals surface area contributed by atoms with Gasteiger partial charge in [0.1, 0.15) is 5.82 Å². The van der Waals surface area contributed by atoms with E-state index in [-0.39, 0.29) is 0 Å². The van der Waals surface area contributed by atoms with Gasteiger partial charge in [0.05, 0.1) is 12.5 Å². The molecule has 1 aromatic carbocycles. The first kappa shape index (κ1) is 12.4. The quantitative estimate of drug-likeness (QED) is 0.569. The number of thiazole rings is 1. The molecule has 0 unspecified atom stereocenters. The average molecular weight is 284 g/mol. The third-order valence-corrected chi connectivity index (χ3v) is 3.36. The summed E-state index contributed by atoms with van der Waals surface area (Å²) in [6.07, 6.45) is 7.14. The molecule has 20 heavy (non-hydrogen) atoms. The number of aromatic nitrogens is 3. The lowest BCUT2D eigenvalue weighted by atomic mass is 10.2. The zero-order valence-electron chi connectivity index (χ0n) is 10.5. The monoisotopic (exact) mass is 284 g/mol. The number of nitrogens with two attached hydrogens (primary N) is 1. The van der Waals surface area contributed by atoms with E-state index in [2.05, 4.69) is 20.5 Å². The van der Waals surface area contributed by atoms with E-state index >= 15 is 0 Å². The minimum absolute atomic E-state index is 0.498. The fourth-order valence-electron chi connectivity index (χ4n) is 1.64. The van der Waals surface area contributed by atoms with Crippen LogP contribution in [0.15, 0.2) is 53.5 Å². The third-order valence-electron chi connectivity index (χ3n) is 2.59. The molecule has 0 aliphatic heterocycles. The van der Waals surface area contributed by atoms with Crippen LogP contribution >= 0.6 is 11.3 Å². The van der Waals surface area contributed by atoms with Crippen molar-refractivity contribution in [1.82, 2.24) is 14.5 Å². The molecule has 0 aliphatic carbocycles. The van der Waals surface area contributed by atoms with E-state index in [4.69, 9.17) is 5.73 Å². The van der Waals surface area contributed by atoms with Crippen LogP contribution in [0.4, 0.5) is 10.9 Å². The number of hydrogen-bond acceptors (Lipinski definition) is 6. The number of nitrogen functional groups attached to an aromatic ring is 1. The number of hydrazone groups is 1. The van der Waals surface area contributed by atoms with Gasteiger partial charge >= 0.3 is 0 Å². The van der Waals surface area contributed by atoms with Crippen LogP contribution in [0.5, 0.6) is 0 Å². The van der Waals surface area contributed by atoms with Crippen molar-refractivity contribution in [2.24, 2.45) is 5.10 Å². The van der Waals surface area contributed by atoms with Gasteiger partial charge in [-0.3, -0.25) is 5.43 Å². The van der Waals surface area contributed by atoms with Gasteiger partial charge < -0.3 is 10.3 Å². The Morgan fingerprint density at radius 1 is 1.30 bits per heavy atom. The van der Waals surface area contributed by atoms with Crippen molar-refractivity contribution in [2.75, 3.05) is 11.2 Å². The highest BCUT2D eigenvalue weighted by Gasteiger charge is 1.96. The molecule has 0 saturated carbocycles. The molecule has 0 amide bonds. The highest BCUT2D eigenvalue weighted by Crippen LogP contribution is 2.16. The van der Waals surface area contributed by atoms with Crippen molar-refractivity contribution in [3.05, 3.63) is 53.9 Å². The Labute approximate surface area is 119 Å². The third kappa shape index (κ3) is 2.83. The first-order valence-corrected chi connectivity index (χ1v) is 6.78. The Kier molecular flexibility index (Phi) is 3.42. The van der Waals surface area contributed by atoms with Crippen LogP contribution in [0.2, 0.25) is 0 Å². The molecule has 0 atom stereocenters. The lowest BCUT2D eigenvalue weighted by molar-refractivity contribution is 1.06. The van der Waals surface area contributed by atoms with Gasteiger partial charge in [-0.05, 0) is 17.7 Å². The number of nitrogens with one attached hydrogen (secondary N) is 1. The lowest BCUT2D eigenvalue weighted by Gasteiger charge is -2.01. The number of hydrogen-bond donors (Lipinski definition) is 2. The molecule has 3 aromatic rings. The summed E-state index contributed by atoms with van der Waals surface area (Å²) in [7, 11) is 0. The highest BCUT2D eigenvalue weighted by molar-refractivity contribution is 7.14. The highest BCUT2D eigenvalue weighted by atomic mass is 32.1. The summed E-state index contributed by atoms with van der Waals surface area (Å²) in [6, 6.07) is 7.97. The van der Waals surface area contributed by atoms with Crippen LogP contribution in [0, 0.1) is 0 Å². The minimum Gasteiger partial charge on any atom is -0.383 e. The lowest BCUT2D eigenvalue weighted by Crippen LogP contribution is -1.93. The smallest absolute Gasteiger partial charge is 0.205 e. The Morgan fingerprint density at radius 3 is 2.80 bits per heavy atom. The average Bonchev–Trinajstić information content (AvgIpc) is 3.11. The molecule has 100 valence electrons. The van der Waals surface area contributed by atoms with Crippen molar-refractivity contribution in [2.45, 2.75) is 0 Å². The molecule has 0 aliphatic rings. The molecule has 0 saturated heterocycles. The number of benzene rings is 1. The molecule has 0 fully saturated rings. The van der Waals surface area contributed by atoms with Crippen LogP contribution < -0.4 is 11.2 Å². The van der Waals surface area contributed by atoms with E-state index in [1.807, 2.05) is 35.0 Å². The molecule has 6 nitrogen and oxygen atoms in total. The fraction of sp³-hybridized carbons (Fsp3) is 0. The van der Waals surface area contributed by atoms with E-state index in [0.29, 0.717) is 10.9 Å². The van der Waals surface area contributed by atoms with E-state index in [0.717, 1.165) is 11.3 Å². The molecule has 2 aromatic heterocycles. The van der Waals surface area contributed by atoms with Gasteiger partial charge in [0.2, 0.25) is 5.13 Å². The predicted molar refractivity (Wildman–Crippen MR) is 81.3 cm³/mol. The molecular weight excluding hydrogens is 272 g/mol. The summed E-state index contributed by atoms with van der Waals surface area (Å²) in [6.45, 7) is 0. The zero-order chi connectivity index (χ0) is 13.8. The summed E-state index contributed by atoms with van der Waals surface area (Å²) in [5.41, 5.74) is 10.4. The van der Waals surface area contributed by atoms with Crippen LogP contribution in [0.1, 0.15) is 5.56 Å². The van der Waals surface area contributed by atoms with Crippen molar-refractivity contribution in [3.63, 3.8) is 0 Å². The first-order chi connectivity index (χ1) is 9.81. The molecule has 0 radical (unpaired) electrons. The Balaban J connectivity index is 1.66. The second-order valence-corrected chi connectivity index (χ2v) is 4.87. The van der Waals surface area contributed by atoms with Gasteiger partial charge in [-0.25, -0.2) is 9.97 Å². The summed E-state index contributed by atoms with van der Waals surface area (Å²) in [5, 5.41) is 6.55. The number of imidazole rings is 1. The summed E-state index contributed by atoms with van der Waals surface area (Å²) >= 11 is 1.41. The molecule has 3 N–H and O–H groups in total. The Bertz CT molecular complexity index is 699. The molecule has 0 spiro atoms. The van der Waals surface area contributed by atoms with Gasteiger partial charge in [-0.15, -0.1) is 11.3 Å². The van der Waals surface area contributed by atoms with Gasteiger partial charge in [0.15, 0.2) is 0 Å². The zero-order valence-corrected chi connectivity index (χ0v) is 11.3. The van der Waals surface area contributed by atoms with Crippen molar-refractivity contribution in [3.8, 4) is 5.69 Å². The Hall–Kier alpha value is -2.67. The van der Waals surface area contributed by atoms with Gasteiger partial charge in [0, 0.05) is 23.5 Å². The SMILES string of the molecule is Nc1csc(NN=Cc2ccc(-n3ccnc3)cc2)n1.